The van der Waals surface area contributed by atoms with E-state index in [1.165, 1.54) is 40.5 Å². The van der Waals surface area contributed by atoms with Gasteiger partial charge in [-0.05, 0) is 49.9 Å². The third-order valence-electron chi connectivity index (χ3n) is 7.23. The third-order valence-corrected chi connectivity index (χ3v) is 10.4. The number of aromatic nitrogens is 1. The number of non-ortho nitro benzene ring substituents is 1. The largest absolute Gasteiger partial charge is 0.283 e. The second-order valence-corrected chi connectivity index (χ2v) is 13.3. The number of fused-ring (bicyclic) bond motifs is 1. The molecular formula is C29H28N6O6S2. The minimum Gasteiger partial charge on any atom is -0.277 e. The number of rotatable bonds is 9. The number of nitro groups is 2. The number of hydrogen-bond donors (Lipinski definition) is 1. The number of piperidine rings is 1. The van der Waals surface area contributed by atoms with Crippen molar-refractivity contribution in [2.45, 2.75) is 47.4 Å². The Labute approximate surface area is 252 Å². The van der Waals surface area contributed by atoms with E-state index in [1.54, 1.807) is 18.3 Å². The number of nitro benzene ring substituents is 2. The van der Waals surface area contributed by atoms with Gasteiger partial charge in [0, 0.05) is 52.8 Å². The topological polar surface area (TPSA) is 161 Å². The normalized spacial score (nSPS) is 17.7. The van der Waals surface area contributed by atoms with Gasteiger partial charge in [0.2, 0.25) is 10.0 Å². The van der Waals surface area contributed by atoms with Gasteiger partial charge in [-0.2, -0.15) is 9.41 Å². The van der Waals surface area contributed by atoms with Crippen LogP contribution in [-0.4, -0.2) is 46.4 Å². The van der Waals surface area contributed by atoms with E-state index in [0.29, 0.717) is 35.8 Å². The van der Waals surface area contributed by atoms with E-state index in [-0.39, 0.29) is 28.0 Å². The van der Waals surface area contributed by atoms with Crippen molar-refractivity contribution < 1.29 is 18.3 Å². The Morgan fingerprint density at radius 1 is 1.02 bits per heavy atom. The fourth-order valence-electron chi connectivity index (χ4n) is 5.10. The molecule has 1 fully saturated rings. The van der Waals surface area contributed by atoms with Gasteiger partial charge in [0.15, 0.2) is 0 Å². The summed E-state index contributed by atoms with van der Waals surface area (Å²) >= 11 is 1.23. The number of para-hydroxylation sites is 1. The Balaban J connectivity index is 1.42. The van der Waals surface area contributed by atoms with E-state index in [4.69, 9.17) is 0 Å². The Kier molecular flexibility index (Phi) is 8.71. The Morgan fingerprint density at radius 3 is 2.56 bits per heavy atom. The monoisotopic (exact) mass is 620 g/mol. The lowest BCUT2D eigenvalue weighted by Crippen LogP contribution is -2.44. The summed E-state index contributed by atoms with van der Waals surface area (Å²) in [4.78, 5) is 27.6. The molecule has 0 amide bonds. The summed E-state index contributed by atoms with van der Waals surface area (Å²) in [5.41, 5.74) is 3.37. The number of hydrazone groups is 1. The molecule has 1 saturated heterocycles. The predicted octanol–water partition coefficient (Wildman–Crippen LogP) is 6.46. The molecule has 0 saturated carbocycles. The zero-order valence-corrected chi connectivity index (χ0v) is 24.9. The molecule has 12 nitrogen and oxygen atoms in total. The minimum atomic E-state index is -4.09. The highest BCUT2D eigenvalue weighted by Crippen LogP contribution is 2.38. The van der Waals surface area contributed by atoms with Crippen molar-refractivity contribution in [1.29, 1.82) is 0 Å². The molecular weight excluding hydrogens is 592 g/mol. The van der Waals surface area contributed by atoms with Gasteiger partial charge < -0.3 is 0 Å². The number of hydrogen-bond acceptors (Lipinski definition) is 10. The minimum absolute atomic E-state index is 0.0535. The van der Waals surface area contributed by atoms with Crippen molar-refractivity contribution in [2.24, 2.45) is 11.0 Å². The fraction of sp³-hybridized carbons (Fsp3) is 0.241. The maximum atomic E-state index is 13.7. The van der Waals surface area contributed by atoms with Gasteiger partial charge in [-0.3, -0.25) is 30.6 Å². The van der Waals surface area contributed by atoms with E-state index in [1.807, 2.05) is 37.3 Å². The first-order chi connectivity index (χ1) is 20.5. The molecule has 0 bridgehead atoms. The fourth-order valence-corrected chi connectivity index (χ4v) is 7.94. The average Bonchev–Trinajstić information content (AvgIpc) is 2.97. The number of pyridine rings is 1. The Hall–Kier alpha value is -4.40. The predicted molar refractivity (Wildman–Crippen MR) is 165 cm³/mol. The molecule has 14 heteroatoms. The van der Waals surface area contributed by atoms with E-state index in [2.05, 4.69) is 22.4 Å². The summed E-state index contributed by atoms with van der Waals surface area (Å²) in [5, 5.41) is 28.5. The summed E-state index contributed by atoms with van der Waals surface area (Å²) in [6.45, 7) is 4.19. The maximum Gasteiger partial charge on any atom is 0.283 e. The maximum absolute atomic E-state index is 13.7. The summed E-state index contributed by atoms with van der Waals surface area (Å²) in [7, 11) is -4.09. The molecule has 43 heavy (non-hydrogen) atoms. The lowest BCUT2D eigenvalue weighted by molar-refractivity contribution is -0.387. The average molecular weight is 621 g/mol. The van der Waals surface area contributed by atoms with Crippen LogP contribution in [0.3, 0.4) is 0 Å². The van der Waals surface area contributed by atoms with Crippen LogP contribution in [0.5, 0.6) is 0 Å². The van der Waals surface area contributed by atoms with E-state index >= 15 is 0 Å². The third kappa shape index (κ3) is 6.50. The quantitative estimate of drug-likeness (QED) is 0.126. The molecule has 1 aliphatic heterocycles. The molecule has 4 aromatic rings. The SMILES string of the molecule is C[C@H]1CCN(S(=O)(=O)c2cc([N+](=O)[O-])ccc2N/N=C\c2ccc(Sc3cccc4cccnc34)c([N+](=O)[O-])c2)[C@@H](C)C1. The number of anilines is 1. The Morgan fingerprint density at radius 2 is 1.81 bits per heavy atom. The lowest BCUT2D eigenvalue weighted by atomic mass is 9.95. The van der Waals surface area contributed by atoms with Crippen molar-refractivity contribution in [3.63, 3.8) is 0 Å². The van der Waals surface area contributed by atoms with Crippen LogP contribution in [0.4, 0.5) is 17.1 Å². The molecule has 1 N–H and O–H groups in total. The summed E-state index contributed by atoms with van der Waals surface area (Å²) in [6.07, 6.45) is 4.36. The molecule has 2 heterocycles. The van der Waals surface area contributed by atoms with Crippen LogP contribution in [-0.2, 0) is 10.0 Å². The van der Waals surface area contributed by atoms with Gasteiger partial charge in [0.1, 0.15) is 4.90 Å². The van der Waals surface area contributed by atoms with Gasteiger partial charge in [-0.15, -0.1) is 0 Å². The van der Waals surface area contributed by atoms with Crippen molar-refractivity contribution in [3.8, 4) is 0 Å². The molecule has 0 unspecified atom stereocenters. The first-order valence-electron chi connectivity index (χ1n) is 13.4. The van der Waals surface area contributed by atoms with Crippen LogP contribution in [0.25, 0.3) is 10.9 Å². The zero-order chi connectivity index (χ0) is 30.7. The highest BCUT2D eigenvalue weighted by molar-refractivity contribution is 7.99. The summed E-state index contributed by atoms with van der Waals surface area (Å²) in [6, 6.07) is 17.3. The zero-order valence-electron chi connectivity index (χ0n) is 23.3. The molecule has 0 aliphatic carbocycles. The van der Waals surface area contributed by atoms with Crippen LogP contribution < -0.4 is 5.43 Å². The number of benzene rings is 3. The molecule has 1 aliphatic rings. The molecule has 1 aromatic heterocycles. The van der Waals surface area contributed by atoms with Crippen LogP contribution in [0.2, 0.25) is 0 Å². The second-order valence-electron chi connectivity index (χ2n) is 10.3. The van der Waals surface area contributed by atoms with Gasteiger partial charge >= 0.3 is 0 Å². The van der Waals surface area contributed by atoms with Gasteiger partial charge in [-0.25, -0.2) is 8.42 Å². The van der Waals surface area contributed by atoms with Crippen molar-refractivity contribution >= 4 is 56.0 Å². The van der Waals surface area contributed by atoms with E-state index in [0.717, 1.165) is 21.9 Å². The first kappa shape index (κ1) is 30.1. The van der Waals surface area contributed by atoms with Gasteiger partial charge in [-0.1, -0.05) is 43.0 Å². The lowest BCUT2D eigenvalue weighted by Gasteiger charge is -2.35. The highest BCUT2D eigenvalue weighted by atomic mass is 32.2. The van der Waals surface area contributed by atoms with E-state index in [9.17, 15) is 28.6 Å². The number of nitrogens with one attached hydrogen (secondary N) is 1. The molecule has 5 rings (SSSR count). The molecule has 0 radical (unpaired) electrons. The molecule has 222 valence electrons. The molecule has 3 aromatic carbocycles. The highest BCUT2D eigenvalue weighted by Gasteiger charge is 2.35. The number of nitrogens with zero attached hydrogens (tertiary/aromatic N) is 5. The molecule has 0 spiro atoms. The first-order valence-corrected chi connectivity index (χ1v) is 15.7. The van der Waals surface area contributed by atoms with Crippen molar-refractivity contribution in [3.05, 3.63) is 98.7 Å². The smallest absolute Gasteiger partial charge is 0.277 e. The van der Waals surface area contributed by atoms with Gasteiger partial charge in [0.25, 0.3) is 11.4 Å². The van der Waals surface area contributed by atoms with Crippen molar-refractivity contribution in [1.82, 2.24) is 9.29 Å². The van der Waals surface area contributed by atoms with E-state index < -0.39 is 19.9 Å². The Bertz CT molecular complexity index is 1840. The van der Waals surface area contributed by atoms with Crippen LogP contribution in [0.1, 0.15) is 32.3 Å². The van der Waals surface area contributed by atoms with Crippen LogP contribution in [0, 0.1) is 26.1 Å². The molecule has 2 atom stereocenters. The standard InChI is InChI=1S/C29H28N6O6S2/c1-19-12-14-33(20(2)15-19)43(40,41)28-17-23(34(36)37)9-10-24(28)32-31-18-21-8-11-26(25(16-21)35(38)39)42-27-7-3-5-22-6-4-13-30-29(22)27/h3-11,13,16-20,32H,12,14-15H2,1-2H3/b31-18-/t19-,20-/m0/s1. The summed E-state index contributed by atoms with van der Waals surface area (Å²) < 4.78 is 28.7. The van der Waals surface area contributed by atoms with Crippen LogP contribution >= 0.6 is 11.8 Å². The van der Waals surface area contributed by atoms with Crippen molar-refractivity contribution in [2.75, 3.05) is 12.0 Å². The van der Waals surface area contributed by atoms with Crippen LogP contribution in [0.15, 0.2) is 92.7 Å². The summed E-state index contributed by atoms with van der Waals surface area (Å²) in [5.74, 6) is 0.367. The second kappa shape index (κ2) is 12.5. The van der Waals surface area contributed by atoms with Gasteiger partial charge in [0.05, 0.1) is 32.2 Å². The number of sulfonamides is 1.